The molecule has 2 rings (SSSR count). The van der Waals surface area contributed by atoms with Crippen molar-refractivity contribution in [3.05, 3.63) is 53.1 Å². The Kier molecular flexibility index (Phi) is 7.91. The predicted octanol–water partition coefficient (Wildman–Crippen LogP) is 3.95. The number of anilines is 1. The molecule has 0 saturated carbocycles. The summed E-state index contributed by atoms with van der Waals surface area (Å²) in [6, 6.07) is 10.0. The first-order valence-corrected chi connectivity index (χ1v) is 9.00. The molecule has 0 spiro atoms. The van der Waals surface area contributed by atoms with Gasteiger partial charge in [0.05, 0.1) is 21.3 Å². The van der Waals surface area contributed by atoms with E-state index in [1.54, 1.807) is 36.4 Å². The number of ether oxygens (including phenoxy) is 4. The maximum Gasteiger partial charge on any atom is 0.331 e. The normalized spacial score (nSPS) is 11.6. The van der Waals surface area contributed by atoms with Gasteiger partial charge in [-0.3, -0.25) is 4.79 Å². The maximum absolute atomic E-state index is 12.2. The van der Waals surface area contributed by atoms with Crippen LogP contribution >= 0.6 is 11.6 Å². The van der Waals surface area contributed by atoms with Crippen molar-refractivity contribution >= 4 is 35.2 Å². The number of carbonyl (C=O) groups excluding carboxylic acids is 2. The second-order valence-corrected chi connectivity index (χ2v) is 6.31. The first kappa shape index (κ1) is 22.1. The van der Waals surface area contributed by atoms with E-state index in [0.29, 0.717) is 33.5 Å². The van der Waals surface area contributed by atoms with E-state index >= 15 is 0 Å². The van der Waals surface area contributed by atoms with Crippen molar-refractivity contribution in [2.75, 3.05) is 26.6 Å². The van der Waals surface area contributed by atoms with Gasteiger partial charge in [0, 0.05) is 16.8 Å². The summed E-state index contributed by atoms with van der Waals surface area (Å²) in [7, 11) is 4.50. The molecule has 0 heterocycles. The Morgan fingerprint density at radius 2 is 1.69 bits per heavy atom. The lowest BCUT2D eigenvalue weighted by atomic mass is 10.1. The summed E-state index contributed by atoms with van der Waals surface area (Å²) < 4.78 is 20.9. The molecule has 0 saturated heterocycles. The average Bonchev–Trinajstić information content (AvgIpc) is 2.71. The maximum atomic E-state index is 12.2. The SMILES string of the molecule is COc1cc(/C=C/C(=O)O[C@H](C)C(=O)Nc2cccc(Cl)c2)cc(OC)c1OC. The Labute approximate surface area is 174 Å². The second kappa shape index (κ2) is 10.4. The van der Waals surface area contributed by atoms with E-state index in [9.17, 15) is 9.59 Å². The van der Waals surface area contributed by atoms with Gasteiger partial charge in [-0.25, -0.2) is 4.79 Å². The van der Waals surface area contributed by atoms with Crippen LogP contribution in [0.15, 0.2) is 42.5 Å². The predicted molar refractivity (Wildman–Crippen MR) is 111 cm³/mol. The van der Waals surface area contributed by atoms with Gasteiger partial charge in [0.15, 0.2) is 17.6 Å². The van der Waals surface area contributed by atoms with Gasteiger partial charge in [-0.15, -0.1) is 0 Å². The highest BCUT2D eigenvalue weighted by Crippen LogP contribution is 2.38. The van der Waals surface area contributed by atoms with Crippen LogP contribution in [0.25, 0.3) is 6.08 Å². The molecular weight excluding hydrogens is 398 g/mol. The first-order valence-electron chi connectivity index (χ1n) is 8.63. The number of hydrogen-bond donors (Lipinski definition) is 1. The zero-order chi connectivity index (χ0) is 21.4. The van der Waals surface area contributed by atoms with Crippen LogP contribution < -0.4 is 19.5 Å². The lowest BCUT2D eigenvalue weighted by Gasteiger charge is -2.13. The van der Waals surface area contributed by atoms with Crippen LogP contribution in [0.5, 0.6) is 17.2 Å². The molecule has 2 aromatic carbocycles. The Hall–Kier alpha value is -3.19. The van der Waals surface area contributed by atoms with Gasteiger partial charge in [-0.2, -0.15) is 0 Å². The fourth-order valence-corrected chi connectivity index (χ4v) is 2.63. The van der Waals surface area contributed by atoms with Crippen molar-refractivity contribution in [1.82, 2.24) is 0 Å². The largest absolute Gasteiger partial charge is 0.493 e. The standard InChI is InChI=1S/C21H22ClNO6/c1-13(21(25)23-16-7-5-6-15(22)12-16)29-19(24)9-8-14-10-17(26-2)20(28-4)18(11-14)27-3/h5-13H,1-4H3,(H,23,25)/b9-8+/t13-/m1/s1. The number of benzene rings is 2. The number of halogens is 1. The average molecular weight is 420 g/mol. The molecule has 0 aromatic heterocycles. The molecule has 29 heavy (non-hydrogen) atoms. The molecule has 0 unspecified atom stereocenters. The number of esters is 1. The summed E-state index contributed by atoms with van der Waals surface area (Å²) in [4.78, 5) is 24.2. The third kappa shape index (κ3) is 6.15. The van der Waals surface area contributed by atoms with E-state index in [0.717, 1.165) is 0 Å². The minimum absolute atomic E-state index is 0.445. The molecule has 1 atom stereocenters. The number of methoxy groups -OCH3 is 3. The summed E-state index contributed by atoms with van der Waals surface area (Å²) in [5.41, 5.74) is 1.14. The summed E-state index contributed by atoms with van der Waals surface area (Å²) in [6.07, 6.45) is 1.74. The molecule has 0 aliphatic carbocycles. The molecule has 1 amide bonds. The second-order valence-electron chi connectivity index (χ2n) is 5.87. The zero-order valence-corrected chi connectivity index (χ0v) is 17.3. The molecule has 1 N–H and O–H groups in total. The van der Waals surface area contributed by atoms with E-state index < -0.39 is 18.0 Å². The van der Waals surface area contributed by atoms with E-state index in [1.165, 1.54) is 40.4 Å². The molecule has 0 aliphatic heterocycles. The molecule has 2 aromatic rings. The van der Waals surface area contributed by atoms with Crippen molar-refractivity contribution in [2.24, 2.45) is 0 Å². The highest BCUT2D eigenvalue weighted by atomic mass is 35.5. The van der Waals surface area contributed by atoms with Gasteiger partial charge in [-0.05, 0) is 48.9 Å². The van der Waals surface area contributed by atoms with Crippen molar-refractivity contribution in [1.29, 1.82) is 0 Å². The van der Waals surface area contributed by atoms with Crippen molar-refractivity contribution in [2.45, 2.75) is 13.0 Å². The molecule has 154 valence electrons. The van der Waals surface area contributed by atoms with Crippen LogP contribution in [-0.4, -0.2) is 39.3 Å². The van der Waals surface area contributed by atoms with Crippen LogP contribution in [0, 0.1) is 0 Å². The molecule has 0 aliphatic rings. The highest BCUT2D eigenvalue weighted by Gasteiger charge is 2.17. The van der Waals surface area contributed by atoms with E-state index in [1.807, 2.05) is 0 Å². The van der Waals surface area contributed by atoms with Gasteiger partial charge < -0.3 is 24.3 Å². The summed E-state index contributed by atoms with van der Waals surface area (Å²) in [5.74, 6) is 0.207. The Bertz CT molecular complexity index is 887. The minimum atomic E-state index is -0.994. The summed E-state index contributed by atoms with van der Waals surface area (Å²) in [6.45, 7) is 1.48. The zero-order valence-electron chi connectivity index (χ0n) is 16.5. The summed E-state index contributed by atoms with van der Waals surface area (Å²) in [5, 5.41) is 3.12. The van der Waals surface area contributed by atoms with Crippen molar-refractivity contribution in [3.8, 4) is 17.2 Å². The molecule has 0 fully saturated rings. The van der Waals surface area contributed by atoms with Crippen LogP contribution in [-0.2, 0) is 14.3 Å². The van der Waals surface area contributed by atoms with Crippen LogP contribution in [0.2, 0.25) is 5.02 Å². The molecule has 8 heteroatoms. The van der Waals surface area contributed by atoms with Gasteiger partial charge in [0.2, 0.25) is 5.75 Å². The Balaban J connectivity index is 2.02. The van der Waals surface area contributed by atoms with Crippen LogP contribution in [0.3, 0.4) is 0 Å². The van der Waals surface area contributed by atoms with Gasteiger partial charge in [0.25, 0.3) is 5.91 Å². The Morgan fingerprint density at radius 3 is 2.24 bits per heavy atom. The van der Waals surface area contributed by atoms with Gasteiger partial charge >= 0.3 is 5.97 Å². The fourth-order valence-electron chi connectivity index (χ4n) is 2.44. The van der Waals surface area contributed by atoms with E-state index in [2.05, 4.69) is 5.32 Å². The number of carbonyl (C=O) groups is 2. The van der Waals surface area contributed by atoms with Crippen molar-refractivity contribution in [3.63, 3.8) is 0 Å². The number of hydrogen-bond acceptors (Lipinski definition) is 6. The first-order chi connectivity index (χ1) is 13.9. The van der Waals surface area contributed by atoms with Crippen LogP contribution in [0.4, 0.5) is 5.69 Å². The van der Waals surface area contributed by atoms with E-state index in [4.69, 9.17) is 30.5 Å². The number of amides is 1. The lowest BCUT2D eigenvalue weighted by molar-refractivity contribution is -0.148. The topological polar surface area (TPSA) is 83.1 Å². The monoisotopic (exact) mass is 419 g/mol. The lowest BCUT2D eigenvalue weighted by Crippen LogP contribution is -2.29. The Morgan fingerprint density at radius 1 is 1.03 bits per heavy atom. The molecular formula is C21H22ClNO6. The summed E-state index contributed by atoms with van der Waals surface area (Å²) >= 11 is 5.88. The number of nitrogens with one attached hydrogen (secondary N) is 1. The quantitative estimate of drug-likeness (QED) is 0.515. The van der Waals surface area contributed by atoms with E-state index in [-0.39, 0.29) is 0 Å². The minimum Gasteiger partial charge on any atom is -0.493 e. The third-order valence-electron chi connectivity index (χ3n) is 3.85. The molecule has 0 radical (unpaired) electrons. The smallest absolute Gasteiger partial charge is 0.331 e. The highest BCUT2D eigenvalue weighted by molar-refractivity contribution is 6.30. The molecule has 0 bridgehead atoms. The third-order valence-corrected chi connectivity index (χ3v) is 4.09. The number of rotatable bonds is 8. The fraction of sp³-hybridized carbons (Fsp3) is 0.238. The van der Waals surface area contributed by atoms with Gasteiger partial charge in [0.1, 0.15) is 0 Å². The van der Waals surface area contributed by atoms with Gasteiger partial charge in [-0.1, -0.05) is 17.7 Å². The van der Waals surface area contributed by atoms with Crippen LogP contribution in [0.1, 0.15) is 12.5 Å². The molecule has 7 nitrogen and oxygen atoms in total. The van der Waals surface area contributed by atoms with Crippen molar-refractivity contribution < 1.29 is 28.5 Å².